The van der Waals surface area contributed by atoms with Crippen molar-refractivity contribution in [2.45, 2.75) is 44.8 Å². The summed E-state index contributed by atoms with van der Waals surface area (Å²) >= 11 is 13.2. The van der Waals surface area contributed by atoms with Crippen LogP contribution in [0.15, 0.2) is 42.7 Å². The first-order valence-electron chi connectivity index (χ1n) is 15.0. The molecule has 6 rings (SSSR count). The molecule has 2 atom stereocenters. The van der Waals surface area contributed by atoms with Crippen LogP contribution in [0.2, 0.25) is 10.0 Å². The third kappa shape index (κ3) is 5.55. The number of halogens is 3. The van der Waals surface area contributed by atoms with Crippen LogP contribution in [0.5, 0.6) is 5.88 Å². The summed E-state index contributed by atoms with van der Waals surface area (Å²) in [5, 5.41) is 13.4. The van der Waals surface area contributed by atoms with Gasteiger partial charge in [-0.15, -0.1) is 0 Å². The van der Waals surface area contributed by atoms with E-state index in [0.29, 0.717) is 67.2 Å². The van der Waals surface area contributed by atoms with Gasteiger partial charge in [-0.1, -0.05) is 48.0 Å². The van der Waals surface area contributed by atoms with E-state index in [1.165, 1.54) is 4.90 Å². The molecule has 1 aromatic heterocycles. The predicted octanol–water partition coefficient (Wildman–Crippen LogP) is 5.97. The molecule has 0 unspecified atom stereocenters. The highest BCUT2D eigenvalue weighted by Crippen LogP contribution is 2.42. The van der Waals surface area contributed by atoms with E-state index in [1.807, 2.05) is 37.3 Å². The van der Waals surface area contributed by atoms with E-state index >= 15 is 0 Å². The van der Waals surface area contributed by atoms with Crippen LogP contribution in [0.4, 0.5) is 15.8 Å². The van der Waals surface area contributed by atoms with Crippen molar-refractivity contribution in [3.8, 4) is 11.9 Å². The minimum Gasteiger partial charge on any atom is -0.475 e. The number of fused-ring (bicyclic) bond motifs is 2. The molecule has 0 N–H and O–H groups in total. The van der Waals surface area contributed by atoms with Crippen LogP contribution in [-0.4, -0.2) is 79.2 Å². The number of hydrogen-bond acceptors (Lipinski definition) is 7. The van der Waals surface area contributed by atoms with Gasteiger partial charge in [-0.2, -0.15) is 5.26 Å². The Morgan fingerprint density at radius 1 is 1.18 bits per heavy atom. The standard InChI is InChI=1S/C33H35Cl2FN6O2/c1-20-17-41(14-15-42(20)33(43)21(2)36)31-24-11-13-40(28-8-4-6-22-9-10-26(34)30(35)29(22)28)18-27(24)38-32(25(31)16-37)44-19-23-7-5-12-39(23)3/h4,6,8-10,20,23H,2,5,7,11-15,17-19H2,1,3H3/t20-,23+/m1/s1. The Balaban J connectivity index is 1.39. The molecule has 4 heterocycles. The van der Waals surface area contributed by atoms with Crippen LogP contribution < -0.4 is 14.5 Å². The van der Waals surface area contributed by atoms with Crippen molar-refractivity contribution in [3.63, 3.8) is 0 Å². The van der Waals surface area contributed by atoms with Gasteiger partial charge >= 0.3 is 0 Å². The first-order chi connectivity index (χ1) is 21.2. The molecule has 11 heteroatoms. The number of aromatic nitrogens is 1. The average molecular weight is 638 g/mol. The number of piperazine rings is 1. The smallest absolute Gasteiger partial charge is 0.282 e. The van der Waals surface area contributed by atoms with Crippen molar-refractivity contribution in [1.82, 2.24) is 14.8 Å². The fourth-order valence-corrected chi connectivity index (χ4v) is 7.26. The summed E-state index contributed by atoms with van der Waals surface area (Å²) in [6.07, 6.45) is 2.78. The lowest BCUT2D eigenvalue weighted by Gasteiger charge is -2.42. The zero-order chi connectivity index (χ0) is 31.1. The lowest BCUT2D eigenvalue weighted by Crippen LogP contribution is -2.54. The molecular weight excluding hydrogens is 602 g/mol. The van der Waals surface area contributed by atoms with Gasteiger partial charge in [-0.05, 0) is 57.3 Å². The summed E-state index contributed by atoms with van der Waals surface area (Å²) in [5.41, 5.74) is 3.99. The molecule has 2 aromatic carbocycles. The highest BCUT2D eigenvalue weighted by molar-refractivity contribution is 6.46. The number of amides is 1. The summed E-state index contributed by atoms with van der Waals surface area (Å²) in [6, 6.07) is 12.2. The van der Waals surface area contributed by atoms with E-state index < -0.39 is 11.7 Å². The number of likely N-dealkylation sites (tertiary alicyclic amines) is 1. The number of nitrogens with zero attached hydrogens (tertiary/aromatic N) is 6. The normalized spacial score (nSPS) is 20.5. The van der Waals surface area contributed by atoms with E-state index in [4.69, 9.17) is 32.9 Å². The van der Waals surface area contributed by atoms with Crippen molar-refractivity contribution in [3.05, 3.63) is 69.6 Å². The van der Waals surface area contributed by atoms with Gasteiger partial charge in [-0.3, -0.25) is 4.79 Å². The molecule has 0 spiro atoms. The Labute approximate surface area is 267 Å². The third-order valence-electron chi connectivity index (χ3n) is 9.18. The Morgan fingerprint density at radius 3 is 2.70 bits per heavy atom. The fourth-order valence-electron chi connectivity index (χ4n) is 6.83. The van der Waals surface area contributed by atoms with E-state index in [1.54, 1.807) is 0 Å². The summed E-state index contributed by atoms with van der Waals surface area (Å²) in [5.74, 6) is -1.33. The van der Waals surface area contributed by atoms with E-state index in [0.717, 1.165) is 52.8 Å². The van der Waals surface area contributed by atoms with Gasteiger partial charge < -0.3 is 24.3 Å². The Kier molecular flexibility index (Phi) is 8.60. The molecule has 3 aliphatic rings. The number of ether oxygens (including phenoxy) is 1. The largest absolute Gasteiger partial charge is 0.475 e. The molecule has 8 nitrogen and oxygen atoms in total. The number of carbonyl (C=O) groups is 1. The van der Waals surface area contributed by atoms with Gasteiger partial charge in [0.25, 0.3) is 5.91 Å². The van der Waals surface area contributed by atoms with Gasteiger partial charge in [0, 0.05) is 54.9 Å². The first kappa shape index (κ1) is 30.4. The topological polar surface area (TPSA) is 75.9 Å². The lowest BCUT2D eigenvalue weighted by atomic mass is 9.96. The maximum Gasteiger partial charge on any atom is 0.282 e. The number of benzene rings is 2. The highest BCUT2D eigenvalue weighted by Gasteiger charge is 2.35. The molecule has 0 radical (unpaired) electrons. The molecule has 2 fully saturated rings. The van der Waals surface area contributed by atoms with Gasteiger partial charge in [-0.25, -0.2) is 9.37 Å². The van der Waals surface area contributed by atoms with Crippen LogP contribution in [0, 0.1) is 11.3 Å². The van der Waals surface area contributed by atoms with Crippen molar-refractivity contribution in [2.75, 3.05) is 56.2 Å². The van der Waals surface area contributed by atoms with Crippen LogP contribution in [0.1, 0.15) is 36.6 Å². The number of nitriles is 1. The molecule has 1 amide bonds. The third-order valence-corrected chi connectivity index (χ3v) is 9.98. The van der Waals surface area contributed by atoms with Gasteiger partial charge in [0.05, 0.1) is 28.0 Å². The summed E-state index contributed by atoms with van der Waals surface area (Å²) in [4.78, 5) is 25.6. The molecule has 2 saturated heterocycles. The van der Waals surface area contributed by atoms with E-state index in [9.17, 15) is 14.4 Å². The zero-order valence-electron chi connectivity index (χ0n) is 25.0. The van der Waals surface area contributed by atoms with Crippen LogP contribution in [0.3, 0.4) is 0 Å². The number of anilines is 2. The van der Waals surface area contributed by atoms with Crippen molar-refractivity contribution < 1.29 is 13.9 Å². The van der Waals surface area contributed by atoms with Crippen LogP contribution >= 0.6 is 23.2 Å². The maximum absolute atomic E-state index is 13.7. The Morgan fingerprint density at radius 2 is 2.00 bits per heavy atom. The second kappa shape index (κ2) is 12.4. The van der Waals surface area contributed by atoms with Crippen LogP contribution in [-0.2, 0) is 17.8 Å². The van der Waals surface area contributed by atoms with Crippen LogP contribution in [0.25, 0.3) is 10.8 Å². The minimum absolute atomic E-state index is 0.255. The minimum atomic E-state index is -0.966. The molecule has 230 valence electrons. The molecular formula is C33H35Cl2FN6O2. The first-order valence-corrected chi connectivity index (χ1v) is 15.7. The number of rotatable bonds is 6. The second-order valence-corrected chi connectivity index (χ2v) is 12.7. The molecule has 0 aliphatic carbocycles. The summed E-state index contributed by atoms with van der Waals surface area (Å²) in [7, 11) is 2.09. The molecule has 3 aliphatic heterocycles. The molecule has 0 saturated carbocycles. The van der Waals surface area contributed by atoms with E-state index in [2.05, 4.69) is 34.4 Å². The second-order valence-electron chi connectivity index (χ2n) is 11.9. The molecule has 44 heavy (non-hydrogen) atoms. The van der Waals surface area contributed by atoms with Crippen molar-refractivity contribution in [2.24, 2.45) is 0 Å². The average Bonchev–Trinajstić information content (AvgIpc) is 3.44. The van der Waals surface area contributed by atoms with Crippen molar-refractivity contribution in [1.29, 1.82) is 5.26 Å². The van der Waals surface area contributed by atoms with E-state index in [-0.39, 0.29) is 12.1 Å². The zero-order valence-corrected chi connectivity index (χ0v) is 26.5. The van der Waals surface area contributed by atoms with Crippen molar-refractivity contribution >= 4 is 51.3 Å². The molecule has 3 aromatic rings. The van der Waals surface area contributed by atoms with Gasteiger partial charge in [0.2, 0.25) is 5.88 Å². The van der Waals surface area contributed by atoms with Gasteiger partial charge in [0.1, 0.15) is 18.2 Å². The molecule has 0 bridgehead atoms. The monoisotopic (exact) mass is 636 g/mol. The lowest BCUT2D eigenvalue weighted by molar-refractivity contribution is -0.131. The highest BCUT2D eigenvalue weighted by atomic mass is 35.5. The SMILES string of the molecule is C=C(F)C(=O)N1CCN(c2c(C#N)c(OC[C@@H]3CCCN3C)nc3c2CCN(c2cccc4ccc(Cl)c(Cl)c24)C3)C[C@H]1C. The Bertz CT molecular complexity index is 1680. The number of hydrogen-bond donors (Lipinski definition) is 0. The number of likely N-dealkylation sites (N-methyl/N-ethyl adjacent to an activating group) is 1. The number of pyridine rings is 1. The summed E-state index contributed by atoms with van der Waals surface area (Å²) in [6.45, 7) is 8.90. The predicted molar refractivity (Wildman–Crippen MR) is 172 cm³/mol. The fraction of sp³-hybridized carbons (Fsp3) is 0.424. The Hall–Kier alpha value is -3.58. The quantitative estimate of drug-likeness (QED) is 0.309. The maximum atomic E-state index is 13.7. The number of carbonyl (C=O) groups excluding carboxylic acids is 1. The van der Waals surface area contributed by atoms with Gasteiger partial charge in [0.15, 0.2) is 5.83 Å². The summed E-state index contributed by atoms with van der Waals surface area (Å²) < 4.78 is 20.1.